The minimum absolute atomic E-state index is 0.572. The van der Waals surface area contributed by atoms with E-state index in [4.69, 9.17) is 4.74 Å². The first-order chi connectivity index (χ1) is 6.47. The van der Waals surface area contributed by atoms with Gasteiger partial charge in [-0.1, -0.05) is 0 Å². The van der Waals surface area contributed by atoms with Gasteiger partial charge in [-0.2, -0.15) is 5.10 Å². The summed E-state index contributed by atoms with van der Waals surface area (Å²) in [4.78, 5) is 0. The monoisotopic (exact) mass is 198 g/mol. The molecule has 1 heterocycles. The molecule has 0 saturated carbocycles. The average Bonchev–Trinajstić information content (AvgIpc) is 2.50. The Balaban J connectivity index is 2.78. The van der Waals surface area contributed by atoms with E-state index in [1.165, 1.54) is 0 Å². The number of hydrogen-bond acceptors (Lipinski definition) is 3. The third kappa shape index (κ3) is 2.33. The molecule has 0 aliphatic heterocycles. The Morgan fingerprint density at radius 1 is 1.64 bits per heavy atom. The normalized spacial score (nSPS) is 14.4. The van der Waals surface area contributed by atoms with Crippen LogP contribution in [-0.2, 0) is 11.8 Å². The number of aliphatic hydroxyl groups is 1. The molecule has 1 aromatic heterocycles. The second-order valence-electron chi connectivity index (χ2n) is 3.89. The first-order valence-electron chi connectivity index (χ1n) is 4.78. The SMILES string of the molecule is CCOC(C)(C)C(O)c1cnn(C)c1. The lowest BCUT2D eigenvalue weighted by Gasteiger charge is -2.29. The zero-order chi connectivity index (χ0) is 10.8. The molecule has 14 heavy (non-hydrogen) atoms. The number of ether oxygens (including phenoxy) is 1. The van der Waals surface area contributed by atoms with Crippen molar-refractivity contribution in [2.75, 3.05) is 6.61 Å². The zero-order valence-electron chi connectivity index (χ0n) is 9.19. The van der Waals surface area contributed by atoms with Gasteiger partial charge in [0.25, 0.3) is 0 Å². The van der Waals surface area contributed by atoms with E-state index in [0.29, 0.717) is 6.61 Å². The van der Waals surface area contributed by atoms with E-state index in [1.807, 2.05) is 27.8 Å². The molecule has 1 N–H and O–H groups in total. The molecule has 0 fully saturated rings. The molecule has 0 radical (unpaired) electrons. The topological polar surface area (TPSA) is 47.3 Å². The first-order valence-corrected chi connectivity index (χ1v) is 4.78. The van der Waals surface area contributed by atoms with Crippen LogP contribution in [0.25, 0.3) is 0 Å². The molecule has 1 aromatic rings. The maximum Gasteiger partial charge on any atom is 0.110 e. The van der Waals surface area contributed by atoms with Crippen LogP contribution in [-0.4, -0.2) is 27.1 Å². The summed E-state index contributed by atoms with van der Waals surface area (Å²) in [6.45, 7) is 6.24. The summed E-state index contributed by atoms with van der Waals surface area (Å²) in [5.74, 6) is 0. The standard InChI is InChI=1S/C10H18N2O2/c1-5-14-10(2,3)9(13)8-6-11-12(4)7-8/h6-7,9,13H,5H2,1-4H3. The van der Waals surface area contributed by atoms with Crippen LogP contribution < -0.4 is 0 Å². The van der Waals surface area contributed by atoms with E-state index in [-0.39, 0.29) is 0 Å². The average molecular weight is 198 g/mol. The Morgan fingerprint density at radius 2 is 2.29 bits per heavy atom. The highest BCUT2D eigenvalue weighted by molar-refractivity contribution is 5.11. The lowest BCUT2D eigenvalue weighted by molar-refractivity contribution is -0.0983. The highest BCUT2D eigenvalue weighted by Gasteiger charge is 2.30. The van der Waals surface area contributed by atoms with Crippen LogP contribution >= 0.6 is 0 Å². The molecule has 0 spiro atoms. The highest BCUT2D eigenvalue weighted by atomic mass is 16.5. The molecule has 0 aliphatic rings. The highest BCUT2D eigenvalue weighted by Crippen LogP contribution is 2.28. The predicted molar refractivity (Wildman–Crippen MR) is 53.9 cm³/mol. The van der Waals surface area contributed by atoms with E-state index in [9.17, 15) is 5.11 Å². The first kappa shape index (κ1) is 11.2. The summed E-state index contributed by atoms with van der Waals surface area (Å²) in [6, 6.07) is 0. The van der Waals surface area contributed by atoms with Crippen molar-refractivity contribution in [2.24, 2.45) is 7.05 Å². The number of aromatic nitrogens is 2. The summed E-state index contributed by atoms with van der Waals surface area (Å²) in [6.07, 6.45) is 2.81. The third-order valence-corrected chi connectivity index (χ3v) is 2.22. The number of hydrogen-bond donors (Lipinski definition) is 1. The molecule has 4 nitrogen and oxygen atoms in total. The molecule has 0 amide bonds. The number of nitrogens with zero attached hydrogens (tertiary/aromatic N) is 2. The van der Waals surface area contributed by atoms with Gasteiger partial charge in [-0.3, -0.25) is 4.68 Å². The number of aryl methyl sites for hydroxylation is 1. The predicted octanol–water partition coefficient (Wildman–Crippen LogP) is 1.27. The van der Waals surface area contributed by atoms with Crippen molar-refractivity contribution >= 4 is 0 Å². The Bertz CT molecular complexity index is 294. The van der Waals surface area contributed by atoms with E-state index in [2.05, 4.69) is 5.10 Å². The van der Waals surface area contributed by atoms with Gasteiger partial charge in [0.1, 0.15) is 6.10 Å². The summed E-state index contributed by atoms with van der Waals surface area (Å²) in [5, 5.41) is 14.0. The molecule has 0 saturated heterocycles. The van der Waals surface area contributed by atoms with Gasteiger partial charge in [0.05, 0.1) is 11.8 Å². The third-order valence-electron chi connectivity index (χ3n) is 2.22. The molecule has 1 atom stereocenters. The molecule has 0 bridgehead atoms. The van der Waals surface area contributed by atoms with Crippen LogP contribution in [0.1, 0.15) is 32.4 Å². The van der Waals surface area contributed by atoms with Gasteiger partial charge in [-0.15, -0.1) is 0 Å². The Kier molecular flexibility index (Phi) is 3.29. The maximum absolute atomic E-state index is 10.0. The molecule has 1 rings (SSSR count). The van der Waals surface area contributed by atoms with Gasteiger partial charge in [0.15, 0.2) is 0 Å². The van der Waals surface area contributed by atoms with E-state index in [1.54, 1.807) is 17.1 Å². The van der Waals surface area contributed by atoms with E-state index < -0.39 is 11.7 Å². The molecule has 0 aliphatic carbocycles. The smallest absolute Gasteiger partial charge is 0.110 e. The minimum atomic E-state index is -0.642. The van der Waals surface area contributed by atoms with Crippen LogP contribution in [0, 0.1) is 0 Å². The van der Waals surface area contributed by atoms with Gasteiger partial charge in [0, 0.05) is 25.4 Å². The van der Waals surface area contributed by atoms with Gasteiger partial charge in [-0.25, -0.2) is 0 Å². The molecular weight excluding hydrogens is 180 g/mol. The minimum Gasteiger partial charge on any atom is -0.385 e. The van der Waals surface area contributed by atoms with Crippen LogP contribution in [0.5, 0.6) is 0 Å². The fourth-order valence-electron chi connectivity index (χ4n) is 1.43. The number of rotatable bonds is 4. The van der Waals surface area contributed by atoms with E-state index in [0.717, 1.165) is 5.56 Å². The van der Waals surface area contributed by atoms with Crippen molar-refractivity contribution in [1.82, 2.24) is 9.78 Å². The van der Waals surface area contributed by atoms with Gasteiger partial charge in [-0.05, 0) is 20.8 Å². The summed E-state index contributed by atoms with van der Waals surface area (Å²) in [7, 11) is 1.82. The van der Waals surface area contributed by atoms with Crippen molar-refractivity contribution in [3.8, 4) is 0 Å². The Morgan fingerprint density at radius 3 is 2.71 bits per heavy atom. The van der Waals surface area contributed by atoms with Gasteiger partial charge < -0.3 is 9.84 Å². The summed E-state index contributed by atoms with van der Waals surface area (Å²) in [5.41, 5.74) is 0.212. The Labute approximate surface area is 84.5 Å². The molecular formula is C10H18N2O2. The second kappa shape index (κ2) is 4.11. The quantitative estimate of drug-likeness (QED) is 0.792. The largest absolute Gasteiger partial charge is 0.385 e. The number of aliphatic hydroxyl groups excluding tert-OH is 1. The summed E-state index contributed by atoms with van der Waals surface area (Å²) >= 11 is 0. The lowest BCUT2D eigenvalue weighted by Crippen LogP contribution is -2.32. The van der Waals surface area contributed by atoms with Gasteiger partial charge in [0.2, 0.25) is 0 Å². The molecule has 0 aromatic carbocycles. The fraction of sp³-hybridized carbons (Fsp3) is 0.700. The maximum atomic E-state index is 10.0. The second-order valence-corrected chi connectivity index (χ2v) is 3.89. The van der Waals surface area contributed by atoms with Crippen molar-refractivity contribution in [3.05, 3.63) is 18.0 Å². The molecule has 80 valence electrons. The zero-order valence-corrected chi connectivity index (χ0v) is 9.19. The van der Waals surface area contributed by atoms with E-state index >= 15 is 0 Å². The molecule has 4 heteroatoms. The van der Waals surface area contributed by atoms with Crippen molar-refractivity contribution in [2.45, 2.75) is 32.5 Å². The van der Waals surface area contributed by atoms with Crippen molar-refractivity contribution < 1.29 is 9.84 Å². The van der Waals surface area contributed by atoms with Crippen molar-refractivity contribution in [1.29, 1.82) is 0 Å². The van der Waals surface area contributed by atoms with Crippen LogP contribution in [0.3, 0.4) is 0 Å². The summed E-state index contributed by atoms with van der Waals surface area (Å²) < 4.78 is 7.13. The van der Waals surface area contributed by atoms with Crippen LogP contribution in [0.2, 0.25) is 0 Å². The Hall–Kier alpha value is -0.870. The van der Waals surface area contributed by atoms with Crippen LogP contribution in [0.4, 0.5) is 0 Å². The fourth-order valence-corrected chi connectivity index (χ4v) is 1.43. The van der Waals surface area contributed by atoms with Crippen LogP contribution in [0.15, 0.2) is 12.4 Å². The van der Waals surface area contributed by atoms with Gasteiger partial charge >= 0.3 is 0 Å². The van der Waals surface area contributed by atoms with Crippen molar-refractivity contribution in [3.63, 3.8) is 0 Å². The lowest BCUT2D eigenvalue weighted by atomic mass is 9.97. The molecule has 1 unspecified atom stereocenters.